The molecule has 2 heterocycles. The Morgan fingerprint density at radius 3 is 2.46 bits per heavy atom. The summed E-state index contributed by atoms with van der Waals surface area (Å²) in [5, 5.41) is 6.88. The number of esters is 1. The van der Waals surface area contributed by atoms with Gasteiger partial charge in [0.1, 0.15) is 0 Å². The number of ether oxygens (including phenoxy) is 1. The molecule has 0 amide bonds. The Hall–Kier alpha value is -1.81. The third-order valence-corrected chi connectivity index (χ3v) is 5.45. The van der Waals surface area contributed by atoms with Crippen molar-refractivity contribution in [2.24, 2.45) is 4.99 Å². The zero-order valence-electron chi connectivity index (χ0n) is 16.3. The van der Waals surface area contributed by atoms with Gasteiger partial charge in [0.2, 0.25) is 0 Å². The Bertz CT molecular complexity index is 757. The molecule has 1 aromatic heterocycles. The topological polar surface area (TPSA) is 57.2 Å². The van der Waals surface area contributed by atoms with E-state index < -0.39 is 0 Å². The SMILES string of the molecule is CCOC(=O)c1ccc(CNC(=NC)N2CCN(c3cccs3)CC2)cc1.I. The van der Waals surface area contributed by atoms with Gasteiger partial charge in [0.15, 0.2) is 5.96 Å². The van der Waals surface area contributed by atoms with Crippen LogP contribution in [0.2, 0.25) is 0 Å². The quantitative estimate of drug-likeness (QED) is 0.287. The average molecular weight is 514 g/mol. The van der Waals surface area contributed by atoms with Crippen LogP contribution in [0, 0.1) is 0 Å². The molecule has 3 rings (SSSR count). The second kappa shape index (κ2) is 11.3. The highest BCUT2D eigenvalue weighted by Gasteiger charge is 2.20. The van der Waals surface area contributed by atoms with E-state index in [1.165, 1.54) is 5.00 Å². The van der Waals surface area contributed by atoms with Crippen molar-refractivity contribution < 1.29 is 9.53 Å². The lowest BCUT2D eigenvalue weighted by Crippen LogP contribution is -2.52. The lowest BCUT2D eigenvalue weighted by atomic mass is 10.1. The largest absolute Gasteiger partial charge is 0.462 e. The molecule has 0 bridgehead atoms. The molecular formula is C20H27IN4O2S. The highest BCUT2D eigenvalue weighted by molar-refractivity contribution is 14.0. The Labute approximate surface area is 187 Å². The molecule has 0 radical (unpaired) electrons. The Balaban J connectivity index is 0.00000280. The van der Waals surface area contributed by atoms with E-state index in [-0.39, 0.29) is 29.9 Å². The van der Waals surface area contributed by atoms with Gasteiger partial charge >= 0.3 is 5.97 Å². The van der Waals surface area contributed by atoms with E-state index in [2.05, 4.69) is 37.6 Å². The molecule has 8 heteroatoms. The van der Waals surface area contributed by atoms with Crippen molar-refractivity contribution in [3.63, 3.8) is 0 Å². The minimum absolute atomic E-state index is 0. The fraction of sp³-hybridized carbons (Fsp3) is 0.400. The van der Waals surface area contributed by atoms with Crippen molar-refractivity contribution in [2.75, 3.05) is 44.7 Å². The number of anilines is 1. The molecule has 1 aliphatic heterocycles. The number of rotatable bonds is 5. The van der Waals surface area contributed by atoms with Crippen LogP contribution in [0.1, 0.15) is 22.8 Å². The number of aliphatic imine (C=N–C) groups is 1. The van der Waals surface area contributed by atoms with Crippen molar-refractivity contribution in [2.45, 2.75) is 13.5 Å². The van der Waals surface area contributed by atoms with Crippen LogP contribution < -0.4 is 10.2 Å². The molecule has 1 N–H and O–H groups in total. The van der Waals surface area contributed by atoms with Gasteiger partial charge in [-0.1, -0.05) is 12.1 Å². The average Bonchev–Trinajstić information content (AvgIpc) is 3.24. The van der Waals surface area contributed by atoms with Gasteiger partial charge in [-0.25, -0.2) is 4.79 Å². The minimum atomic E-state index is -0.281. The lowest BCUT2D eigenvalue weighted by molar-refractivity contribution is 0.0526. The summed E-state index contributed by atoms with van der Waals surface area (Å²) in [4.78, 5) is 20.9. The first-order valence-electron chi connectivity index (χ1n) is 9.21. The lowest BCUT2D eigenvalue weighted by Gasteiger charge is -2.37. The molecule has 0 atom stereocenters. The number of nitrogens with one attached hydrogen (secondary N) is 1. The first kappa shape index (κ1) is 22.5. The second-order valence-electron chi connectivity index (χ2n) is 6.24. The number of hydrogen-bond donors (Lipinski definition) is 1. The number of hydrogen-bond acceptors (Lipinski definition) is 5. The van der Waals surface area contributed by atoms with E-state index in [9.17, 15) is 4.79 Å². The number of thiophene rings is 1. The van der Waals surface area contributed by atoms with Gasteiger partial charge in [-0.05, 0) is 42.1 Å². The number of carbonyl (C=O) groups excluding carboxylic acids is 1. The zero-order valence-corrected chi connectivity index (χ0v) is 19.4. The molecule has 2 aromatic rings. The molecule has 0 unspecified atom stereocenters. The smallest absolute Gasteiger partial charge is 0.338 e. The summed E-state index contributed by atoms with van der Waals surface area (Å²) >= 11 is 1.79. The predicted molar refractivity (Wildman–Crippen MR) is 126 cm³/mol. The third kappa shape index (κ3) is 5.84. The van der Waals surface area contributed by atoms with E-state index in [0.29, 0.717) is 18.7 Å². The van der Waals surface area contributed by atoms with E-state index in [0.717, 1.165) is 37.7 Å². The van der Waals surface area contributed by atoms with Gasteiger partial charge in [0.05, 0.1) is 17.2 Å². The number of piperazine rings is 1. The summed E-state index contributed by atoms with van der Waals surface area (Å²) < 4.78 is 5.01. The first-order chi connectivity index (χ1) is 13.2. The molecule has 0 spiro atoms. The molecule has 0 saturated carbocycles. The Morgan fingerprint density at radius 1 is 1.18 bits per heavy atom. The maximum Gasteiger partial charge on any atom is 0.338 e. The normalized spacial score (nSPS) is 14.4. The Morgan fingerprint density at radius 2 is 1.89 bits per heavy atom. The summed E-state index contributed by atoms with van der Waals surface area (Å²) in [6.45, 7) is 6.74. The van der Waals surface area contributed by atoms with Crippen LogP contribution in [0.4, 0.5) is 5.00 Å². The van der Waals surface area contributed by atoms with Gasteiger partial charge in [-0.2, -0.15) is 0 Å². The van der Waals surface area contributed by atoms with Crippen LogP contribution in [-0.2, 0) is 11.3 Å². The fourth-order valence-corrected chi connectivity index (χ4v) is 3.86. The summed E-state index contributed by atoms with van der Waals surface area (Å²) in [5.41, 5.74) is 1.68. The summed E-state index contributed by atoms with van der Waals surface area (Å²) in [7, 11) is 1.82. The third-order valence-electron chi connectivity index (χ3n) is 4.52. The maximum atomic E-state index is 11.7. The molecule has 1 aliphatic rings. The molecule has 6 nitrogen and oxygen atoms in total. The van der Waals surface area contributed by atoms with Crippen molar-refractivity contribution in [3.8, 4) is 0 Å². The van der Waals surface area contributed by atoms with Crippen LogP contribution in [-0.4, -0.2) is 56.7 Å². The van der Waals surface area contributed by atoms with Crippen LogP contribution in [0.3, 0.4) is 0 Å². The molecule has 152 valence electrons. The molecular weight excluding hydrogens is 487 g/mol. The zero-order chi connectivity index (χ0) is 19.1. The highest BCUT2D eigenvalue weighted by Crippen LogP contribution is 2.22. The Kier molecular flexibility index (Phi) is 9.04. The number of benzene rings is 1. The van der Waals surface area contributed by atoms with E-state index in [1.807, 2.05) is 26.1 Å². The van der Waals surface area contributed by atoms with Crippen LogP contribution in [0.25, 0.3) is 0 Å². The van der Waals surface area contributed by atoms with Gasteiger partial charge in [-0.15, -0.1) is 35.3 Å². The number of guanidine groups is 1. The molecule has 28 heavy (non-hydrogen) atoms. The molecule has 0 aliphatic carbocycles. The molecule has 1 saturated heterocycles. The van der Waals surface area contributed by atoms with Crippen LogP contribution >= 0.6 is 35.3 Å². The molecule has 1 fully saturated rings. The van der Waals surface area contributed by atoms with Crippen LogP contribution in [0.15, 0.2) is 46.8 Å². The highest BCUT2D eigenvalue weighted by atomic mass is 127. The molecule has 1 aromatic carbocycles. The van der Waals surface area contributed by atoms with E-state index in [1.54, 1.807) is 23.5 Å². The van der Waals surface area contributed by atoms with Gasteiger partial charge < -0.3 is 19.9 Å². The van der Waals surface area contributed by atoms with Crippen LogP contribution in [0.5, 0.6) is 0 Å². The second-order valence-corrected chi connectivity index (χ2v) is 7.17. The standard InChI is InChI=1S/C20H26N4O2S.HI/c1-3-26-19(25)17-8-6-16(7-9-17)15-22-20(21-2)24-12-10-23(11-13-24)18-5-4-14-27-18;/h4-9,14H,3,10-13,15H2,1-2H3,(H,21,22);1H. The van der Waals surface area contributed by atoms with E-state index >= 15 is 0 Å². The first-order valence-corrected chi connectivity index (χ1v) is 10.1. The number of halogens is 1. The summed E-state index contributed by atoms with van der Waals surface area (Å²) in [6, 6.07) is 11.8. The van der Waals surface area contributed by atoms with Crippen molar-refractivity contribution in [1.82, 2.24) is 10.2 Å². The van der Waals surface area contributed by atoms with Crippen molar-refractivity contribution in [1.29, 1.82) is 0 Å². The number of carbonyl (C=O) groups is 1. The van der Waals surface area contributed by atoms with Crippen molar-refractivity contribution >= 4 is 52.2 Å². The minimum Gasteiger partial charge on any atom is -0.462 e. The predicted octanol–water partition coefficient (Wildman–Crippen LogP) is 3.44. The number of nitrogens with zero attached hydrogens (tertiary/aromatic N) is 3. The summed E-state index contributed by atoms with van der Waals surface area (Å²) in [5.74, 6) is 0.631. The van der Waals surface area contributed by atoms with E-state index in [4.69, 9.17) is 4.74 Å². The monoisotopic (exact) mass is 514 g/mol. The van der Waals surface area contributed by atoms with Crippen molar-refractivity contribution in [3.05, 3.63) is 52.9 Å². The van der Waals surface area contributed by atoms with Gasteiger partial charge in [0.25, 0.3) is 0 Å². The van der Waals surface area contributed by atoms with Gasteiger partial charge in [0, 0.05) is 39.8 Å². The van der Waals surface area contributed by atoms with Gasteiger partial charge in [-0.3, -0.25) is 4.99 Å². The summed E-state index contributed by atoms with van der Waals surface area (Å²) in [6.07, 6.45) is 0. The fourth-order valence-electron chi connectivity index (χ4n) is 3.07. The maximum absolute atomic E-state index is 11.7.